The molecule has 0 atom stereocenters. The van der Waals surface area contributed by atoms with E-state index >= 15 is 0 Å². The Bertz CT molecular complexity index is 1110. The second-order valence-corrected chi connectivity index (χ2v) is 6.49. The van der Waals surface area contributed by atoms with Crippen molar-refractivity contribution in [2.24, 2.45) is 0 Å². The standard InChI is InChI=1S/C21H18N2O8/c24-13-3-7-15(8-4-13)31-14-5-1-12(2-6-14)9-10-22-21(28)18-16(25)11-17(26)19(20(18)27)23(29)30/h1-8,11,24-27H,9-10H2,(H,22,28). The van der Waals surface area contributed by atoms with Crippen LogP contribution in [0.5, 0.6) is 34.5 Å². The summed E-state index contributed by atoms with van der Waals surface area (Å²) >= 11 is 0. The average Bonchev–Trinajstić information content (AvgIpc) is 2.70. The zero-order valence-electron chi connectivity index (χ0n) is 16.0. The molecule has 3 aromatic rings. The number of hydrogen-bond acceptors (Lipinski definition) is 8. The Hall–Kier alpha value is -4.47. The first-order chi connectivity index (χ1) is 14.8. The predicted octanol–water partition coefficient (Wildman–Crippen LogP) is 3.18. The molecule has 0 saturated carbocycles. The van der Waals surface area contributed by atoms with Gasteiger partial charge in [-0.2, -0.15) is 0 Å². The van der Waals surface area contributed by atoms with Crippen LogP contribution in [0.2, 0.25) is 0 Å². The van der Waals surface area contributed by atoms with Crippen LogP contribution in [-0.4, -0.2) is 37.8 Å². The monoisotopic (exact) mass is 426 g/mol. The summed E-state index contributed by atoms with van der Waals surface area (Å²) in [5.41, 5.74) is -0.905. The molecule has 0 saturated heterocycles. The number of hydrogen-bond donors (Lipinski definition) is 5. The molecule has 0 unspecified atom stereocenters. The SMILES string of the molecule is O=C(NCCc1ccc(Oc2ccc(O)cc2)cc1)c1c(O)cc(O)c([N+](=O)[O-])c1O. The van der Waals surface area contributed by atoms with Crippen molar-refractivity contribution >= 4 is 11.6 Å². The number of nitro groups is 1. The minimum atomic E-state index is -1.12. The molecule has 3 rings (SSSR count). The second-order valence-electron chi connectivity index (χ2n) is 6.49. The summed E-state index contributed by atoms with van der Waals surface area (Å²) in [7, 11) is 0. The van der Waals surface area contributed by atoms with Crippen LogP contribution in [-0.2, 0) is 6.42 Å². The number of carbonyl (C=O) groups excluding carboxylic acids is 1. The molecule has 160 valence electrons. The zero-order valence-corrected chi connectivity index (χ0v) is 16.0. The third kappa shape index (κ3) is 4.93. The van der Waals surface area contributed by atoms with E-state index in [-0.39, 0.29) is 12.3 Å². The third-order valence-electron chi connectivity index (χ3n) is 4.34. The van der Waals surface area contributed by atoms with E-state index in [9.17, 15) is 35.3 Å². The Balaban J connectivity index is 1.60. The van der Waals surface area contributed by atoms with Crippen molar-refractivity contribution in [3.63, 3.8) is 0 Å². The maximum atomic E-state index is 12.3. The van der Waals surface area contributed by atoms with Gasteiger partial charge in [0.25, 0.3) is 5.91 Å². The molecule has 5 N–H and O–H groups in total. The number of rotatable bonds is 7. The molecule has 0 aliphatic rings. The van der Waals surface area contributed by atoms with Crippen molar-refractivity contribution in [2.75, 3.05) is 6.54 Å². The van der Waals surface area contributed by atoms with Gasteiger partial charge < -0.3 is 30.5 Å². The van der Waals surface area contributed by atoms with Crippen LogP contribution in [0.3, 0.4) is 0 Å². The molecule has 0 aliphatic carbocycles. The van der Waals surface area contributed by atoms with Gasteiger partial charge in [0, 0.05) is 12.6 Å². The van der Waals surface area contributed by atoms with Crippen molar-refractivity contribution in [2.45, 2.75) is 6.42 Å². The summed E-state index contributed by atoms with van der Waals surface area (Å²) < 4.78 is 5.64. The summed E-state index contributed by atoms with van der Waals surface area (Å²) in [6.07, 6.45) is 0.396. The number of phenols is 4. The van der Waals surface area contributed by atoms with Crippen LogP contribution < -0.4 is 10.1 Å². The van der Waals surface area contributed by atoms with E-state index in [4.69, 9.17) is 4.74 Å². The number of benzene rings is 3. The first-order valence-electron chi connectivity index (χ1n) is 9.02. The summed E-state index contributed by atoms with van der Waals surface area (Å²) in [6, 6.07) is 13.9. The van der Waals surface area contributed by atoms with E-state index in [1.807, 2.05) is 0 Å². The normalized spacial score (nSPS) is 10.5. The lowest BCUT2D eigenvalue weighted by atomic mass is 10.1. The Kier molecular flexibility index (Phi) is 6.10. The van der Waals surface area contributed by atoms with Gasteiger partial charge in [0.15, 0.2) is 0 Å². The Labute approximate surface area is 175 Å². The number of phenolic OH excluding ortho intramolecular Hbond substituents is 4. The molecule has 10 heteroatoms. The van der Waals surface area contributed by atoms with E-state index in [0.717, 1.165) is 5.56 Å². The quantitative estimate of drug-likeness (QED) is 0.284. The molecule has 0 aliphatic heterocycles. The summed E-state index contributed by atoms with van der Waals surface area (Å²) in [4.78, 5) is 22.2. The van der Waals surface area contributed by atoms with Gasteiger partial charge in [0.1, 0.15) is 28.6 Å². The van der Waals surface area contributed by atoms with Crippen molar-refractivity contribution in [3.8, 4) is 34.5 Å². The lowest BCUT2D eigenvalue weighted by Gasteiger charge is -2.10. The van der Waals surface area contributed by atoms with Crippen molar-refractivity contribution in [1.29, 1.82) is 0 Å². The van der Waals surface area contributed by atoms with Gasteiger partial charge in [-0.3, -0.25) is 14.9 Å². The van der Waals surface area contributed by atoms with Crippen LogP contribution >= 0.6 is 0 Å². The van der Waals surface area contributed by atoms with E-state index in [1.54, 1.807) is 36.4 Å². The smallest absolute Gasteiger partial charge is 0.353 e. The van der Waals surface area contributed by atoms with Crippen LogP contribution in [0, 0.1) is 10.1 Å². The highest BCUT2D eigenvalue weighted by Gasteiger charge is 2.29. The van der Waals surface area contributed by atoms with Crippen molar-refractivity contribution < 1.29 is 34.9 Å². The number of nitrogens with zero attached hydrogens (tertiary/aromatic N) is 1. The van der Waals surface area contributed by atoms with E-state index < -0.39 is 39.3 Å². The van der Waals surface area contributed by atoms with Gasteiger partial charge in [-0.25, -0.2) is 0 Å². The maximum absolute atomic E-state index is 12.3. The molecule has 0 bridgehead atoms. The maximum Gasteiger partial charge on any atom is 0.353 e. The number of nitrogens with one attached hydrogen (secondary N) is 1. The topological polar surface area (TPSA) is 162 Å². The fourth-order valence-corrected chi connectivity index (χ4v) is 2.82. The van der Waals surface area contributed by atoms with Crippen LogP contribution in [0.25, 0.3) is 0 Å². The number of nitro benzene ring substituents is 1. The molecule has 3 aromatic carbocycles. The van der Waals surface area contributed by atoms with Crippen molar-refractivity contribution in [3.05, 3.63) is 75.8 Å². The average molecular weight is 426 g/mol. The molecule has 0 spiro atoms. The minimum Gasteiger partial charge on any atom is -0.508 e. The molecule has 31 heavy (non-hydrogen) atoms. The highest BCUT2D eigenvalue weighted by Crippen LogP contribution is 2.42. The fourth-order valence-electron chi connectivity index (χ4n) is 2.82. The number of aromatic hydroxyl groups is 4. The molecule has 0 fully saturated rings. The molecule has 0 radical (unpaired) electrons. The minimum absolute atomic E-state index is 0.116. The molecular formula is C21H18N2O8. The van der Waals surface area contributed by atoms with E-state index in [1.165, 1.54) is 12.1 Å². The van der Waals surface area contributed by atoms with Gasteiger partial charge in [0.05, 0.1) is 4.92 Å². The highest BCUT2D eigenvalue weighted by molar-refractivity contribution is 6.01. The number of carbonyl (C=O) groups is 1. The van der Waals surface area contributed by atoms with Crippen LogP contribution in [0.1, 0.15) is 15.9 Å². The van der Waals surface area contributed by atoms with Crippen LogP contribution in [0.15, 0.2) is 54.6 Å². The summed E-state index contributed by atoms with van der Waals surface area (Å²) in [5.74, 6) is -2.51. The summed E-state index contributed by atoms with van der Waals surface area (Å²) in [5, 5.41) is 51.9. The first kappa shape index (κ1) is 21.2. The van der Waals surface area contributed by atoms with Gasteiger partial charge in [-0.15, -0.1) is 0 Å². The molecule has 0 heterocycles. The summed E-state index contributed by atoms with van der Waals surface area (Å²) in [6.45, 7) is 0.116. The van der Waals surface area contributed by atoms with Gasteiger partial charge in [-0.05, 0) is 48.4 Å². The zero-order chi connectivity index (χ0) is 22.5. The van der Waals surface area contributed by atoms with Gasteiger partial charge >= 0.3 is 5.69 Å². The molecular weight excluding hydrogens is 408 g/mol. The fraction of sp³-hybridized carbons (Fsp3) is 0.0952. The Morgan fingerprint density at radius 2 is 1.52 bits per heavy atom. The lowest BCUT2D eigenvalue weighted by molar-refractivity contribution is -0.386. The van der Waals surface area contributed by atoms with Gasteiger partial charge in [0.2, 0.25) is 11.5 Å². The highest BCUT2D eigenvalue weighted by atomic mass is 16.6. The Morgan fingerprint density at radius 3 is 2.10 bits per heavy atom. The predicted molar refractivity (Wildman–Crippen MR) is 109 cm³/mol. The third-order valence-corrected chi connectivity index (χ3v) is 4.34. The Morgan fingerprint density at radius 1 is 0.935 bits per heavy atom. The molecule has 10 nitrogen and oxygen atoms in total. The largest absolute Gasteiger partial charge is 0.508 e. The molecule has 1 amide bonds. The van der Waals surface area contributed by atoms with E-state index in [2.05, 4.69) is 5.32 Å². The van der Waals surface area contributed by atoms with Crippen LogP contribution in [0.4, 0.5) is 5.69 Å². The number of amides is 1. The lowest BCUT2D eigenvalue weighted by Crippen LogP contribution is -2.26. The van der Waals surface area contributed by atoms with E-state index in [0.29, 0.717) is 24.0 Å². The van der Waals surface area contributed by atoms with Crippen molar-refractivity contribution in [1.82, 2.24) is 5.32 Å². The second kappa shape index (κ2) is 8.91. The van der Waals surface area contributed by atoms with Gasteiger partial charge in [-0.1, -0.05) is 12.1 Å². The number of ether oxygens (including phenoxy) is 1. The molecule has 0 aromatic heterocycles. The first-order valence-corrected chi connectivity index (χ1v) is 9.02.